The van der Waals surface area contributed by atoms with Gasteiger partial charge in [0, 0.05) is 11.3 Å². The van der Waals surface area contributed by atoms with E-state index in [1.54, 1.807) is 0 Å². The van der Waals surface area contributed by atoms with Crippen LogP contribution in [-0.2, 0) is 0 Å². The van der Waals surface area contributed by atoms with Crippen molar-refractivity contribution in [1.29, 1.82) is 0 Å². The molecule has 0 heterocycles. The van der Waals surface area contributed by atoms with Gasteiger partial charge < -0.3 is 5.73 Å². The maximum atomic E-state index is 5.94. The van der Waals surface area contributed by atoms with Crippen LogP contribution in [0.1, 0.15) is 12.5 Å². The third kappa shape index (κ3) is 2.18. The van der Waals surface area contributed by atoms with Crippen LogP contribution in [0, 0.1) is 5.92 Å². The van der Waals surface area contributed by atoms with E-state index in [1.165, 1.54) is 5.57 Å². The van der Waals surface area contributed by atoms with Crippen molar-refractivity contribution in [2.45, 2.75) is 6.92 Å². The summed E-state index contributed by atoms with van der Waals surface area (Å²) < 4.78 is 0. The monoisotopic (exact) mass is 197 g/mol. The Morgan fingerprint density at radius 3 is 2.73 bits per heavy atom. The minimum atomic E-state index is 0.490. The largest absolute Gasteiger partial charge is 0.398 e. The average molecular weight is 197 g/mol. The molecule has 1 heteroatoms. The Morgan fingerprint density at radius 2 is 1.93 bits per heavy atom. The van der Waals surface area contributed by atoms with E-state index in [-0.39, 0.29) is 0 Å². The second-order valence-corrected chi connectivity index (χ2v) is 3.81. The minimum absolute atomic E-state index is 0.490. The van der Waals surface area contributed by atoms with E-state index in [2.05, 4.69) is 43.4 Å². The van der Waals surface area contributed by atoms with Crippen LogP contribution in [-0.4, -0.2) is 0 Å². The molecule has 0 saturated carbocycles. The number of hydrogen-bond donors (Lipinski definition) is 1. The SMILES string of the molecule is CC1C=CC=C(c2ccccc2N)C=C1. The minimum Gasteiger partial charge on any atom is -0.398 e. The number of hydrogen-bond acceptors (Lipinski definition) is 1. The Balaban J connectivity index is 2.40. The summed E-state index contributed by atoms with van der Waals surface area (Å²) in [5, 5.41) is 0. The molecule has 0 amide bonds. The quantitative estimate of drug-likeness (QED) is 0.686. The molecule has 0 aliphatic heterocycles. The van der Waals surface area contributed by atoms with Gasteiger partial charge in [0.25, 0.3) is 0 Å². The zero-order chi connectivity index (χ0) is 10.7. The summed E-state index contributed by atoms with van der Waals surface area (Å²) in [6, 6.07) is 7.95. The number of nitrogen functional groups attached to an aromatic ring is 1. The van der Waals surface area contributed by atoms with Crippen molar-refractivity contribution in [2.75, 3.05) is 5.73 Å². The van der Waals surface area contributed by atoms with Crippen molar-refractivity contribution in [1.82, 2.24) is 0 Å². The zero-order valence-corrected chi connectivity index (χ0v) is 8.85. The molecule has 2 N–H and O–H groups in total. The predicted octanol–water partition coefficient (Wildman–Crippen LogP) is 3.41. The van der Waals surface area contributed by atoms with Gasteiger partial charge in [0.1, 0.15) is 0 Å². The van der Waals surface area contributed by atoms with E-state index in [4.69, 9.17) is 5.73 Å². The summed E-state index contributed by atoms with van der Waals surface area (Å²) in [7, 11) is 0. The fourth-order valence-corrected chi connectivity index (χ4v) is 1.65. The smallest absolute Gasteiger partial charge is 0.0393 e. The molecule has 0 spiro atoms. The summed E-state index contributed by atoms with van der Waals surface area (Å²) in [6.07, 6.45) is 10.7. The average Bonchev–Trinajstić information content (AvgIpc) is 2.44. The molecule has 1 nitrogen and oxygen atoms in total. The molecule has 1 unspecified atom stereocenters. The van der Waals surface area contributed by atoms with Crippen LogP contribution in [0.2, 0.25) is 0 Å². The van der Waals surface area contributed by atoms with E-state index in [0.29, 0.717) is 5.92 Å². The van der Waals surface area contributed by atoms with Crippen LogP contribution < -0.4 is 5.73 Å². The van der Waals surface area contributed by atoms with E-state index < -0.39 is 0 Å². The number of rotatable bonds is 1. The Morgan fingerprint density at radius 1 is 1.13 bits per heavy atom. The molecule has 76 valence electrons. The number of nitrogens with two attached hydrogens (primary N) is 1. The summed E-state index contributed by atoms with van der Waals surface area (Å²) >= 11 is 0. The first-order valence-electron chi connectivity index (χ1n) is 5.19. The molecule has 1 aliphatic rings. The van der Waals surface area contributed by atoms with Crippen molar-refractivity contribution in [3.63, 3.8) is 0 Å². The lowest BCUT2D eigenvalue weighted by Crippen LogP contribution is -1.91. The lowest BCUT2D eigenvalue weighted by atomic mass is 10.0. The van der Waals surface area contributed by atoms with Gasteiger partial charge in [0.2, 0.25) is 0 Å². The second kappa shape index (κ2) is 4.18. The van der Waals surface area contributed by atoms with Crippen molar-refractivity contribution >= 4 is 11.3 Å². The van der Waals surface area contributed by atoms with Gasteiger partial charge in [0.05, 0.1) is 0 Å². The highest BCUT2D eigenvalue weighted by Gasteiger charge is 2.03. The van der Waals surface area contributed by atoms with Crippen LogP contribution >= 0.6 is 0 Å². The Labute approximate surface area is 90.6 Å². The van der Waals surface area contributed by atoms with Crippen LogP contribution in [0.3, 0.4) is 0 Å². The molecule has 0 bridgehead atoms. The molecule has 1 aromatic carbocycles. The Bertz CT molecular complexity index is 438. The van der Waals surface area contributed by atoms with Gasteiger partial charge in [-0.2, -0.15) is 0 Å². The maximum Gasteiger partial charge on any atom is 0.0393 e. The Hall–Kier alpha value is -1.76. The number of para-hydroxylation sites is 1. The third-order valence-electron chi connectivity index (χ3n) is 2.54. The van der Waals surface area contributed by atoms with Gasteiger partial charge in [-0.1, -0.05) is 55.5 Å². The van der Waals surface area contributed by atoms with Crippen molar-refractivity contribution < 1.29 is 0 Å². The number of anilines is 1. The first-order chi connectivity index (χ1) is 7.27. The summed E-state index contributed by atoms with van der Waals surface area (Å²) in [5.41, 5.74) is 9.05. The standard InChI is InChI=1S/C14H15N/c1-11-5-4-6-12(10-9-11)13-7-2-3-8-14(13)15/h2-11H,15H2,1H3. The fraction of sp³-hybridized carbons (Fsp3) is 0.143. The van der Waals surface area contributed by atoms with Gasteiger partial charge in [-0.3, -0.25) is 0 Å². The van der Waals surface area contributed by atoms with Gasteiger partial charge in [-0.25, -0.2) is 0 Å². The summed E-state index contributed by atoms with van der Waals surface area (Å²) in [4.78, 5) is 0. The van der Waals surface area contributed by atoms with E-state index >= 15 is 0 Å². The van der Waals surface area contributed by atoms with Crippen molar-refractivity contribution in [3.05, 3.63) is 60.2 Å². The summed E-state index contributed by atoms with van der Waals surface area (Å²) in [6.45, 7) is 2.16. The van der Waals surface area contributed by atoms with Crippen LogP contribution in [0.15, 0.2) is 54.6 Å². The highest BCUT2D eigenvalue weighted by molar-refractivity contribution is 5.82. The van der Waals surface area contributed by atoms with Crippen LogP contribution in [0.5, 0.6) is 0 Å². The molecule has 0 aromatic heterocycles. The second-order valence-electron chi connectivity index (χ2n) is 3.81. The molecule has 2 rings (SSSR count). The zero-order valence-electron chi connectivity index (χ0n) is 8.85. The van der Waals surface area contributed by atoms with Crippen LogP contribution in [0.4, 0.5) is 5.69 Å². The molecule has 0 fully saturated rings. The lowest BCUT2D eigenvalue weighted by Gasteiger charge is -2.05. The molecule has 15 heavy (non-hydrogen) atoms. The molecular formula is C14H15N. The van der Waals surface area contributed by atoms with Gasteiger partial charge in [-0.05, 0) is 17.6 Å². The topological polar surface area (TPSA) is 26.0 Å². The first kappa shape index (κ1) is 9.78. The van der Waals surface area contributed by atoms with E-state index in [9.17, 15) is 0 Å². The van der Waals surface area contributed by atoms with Gasteiger partial charge >= 0.3 is 0 Å². The first-order valence-corrected chi connectivity index (χ1v) is 5.19. The number of benzene rings is 1. The predicted molar refractivity (Wildman–Crippen MR) is 66.3 cm³/mol. The number of allylic oxidation sites excluding steroid dienone is 6. The molecular weight excluding hydrogens is 182 g/mol. The van der Waals surface area contributed by atoms with Crippen molar-refractivity contribution in [3.8, 4) is 0 Å². The highest BCUT2D eigenvalue weighted by Crippen LogP contribution is 2.24. The van der Waals surface area contributed by atoms with Crippen molar-refractivity contribution in [2.24, 2.45) is 5.92 Å². The molecule has 0 saturated heterocycles. The maximum absolute atomic E-state index is 5.94. The van der Waals surface area contributed by atoms with E-state index in [1.807, 2.05) is 18.2 Å². The molecule has 1 atom stereocenters. The lowest BCUT2D eigenvalue weighted by molar-refractivity contribution is 0.943. The van der Waals surface area contributed by atoms with Gasteiger partial charge in [-0.15, -0.1) is 0 Å². The van der Waals surface area contributed by atoms with Gasteiger partial charge in [0.15, 0.2) is 0 Å². The fourth-order valence-electron chi connectivity index (χ4n) is 1.65. The van der Waals surface area contributed by atoms with Crippen LogP contribution in [0.25, 0.3) is 5.57 Å². The third-order valence-corrected chi connectivity index (χ3v) is 2.54. The molecule has 1 aromatic rings. The Kier molecular flexibility index (Phi) is 2.72. The normalized spacial score (nSPS) is 19.8. The summed E-state index contributed by atoms with van der Waals surface area (Å²) in [5.74, 6) is 0.490. The molecule has 0 radical (unpaired) electrons. The molecule has 1 aliphatic carbocycles. The highest BCUT2D eigenvalue weighted by atomic mass is 14.6. The van der Waals surface area contributed by atoms with E-state index in [0.717, 1.165) is 11.3 Å².